The number of nitrogens with zero attached hydrogens (tertiary/aromatic N) is 2. The molecule has 1 fully saturated rings. The molecule has 3 rings (SSSR count). The fourth-order valence-electron chi connectivity index (χ4n) is 3.31. The highest BCUT2D eigenvalue weighted by Gasteiger charge is 2.25. The SMILES string of the molecule is O=C(CN1CCOc2ccc(Cl)cc21)NC1CCN(CC(F)F)CC1. The topological polar surface area (TPSA) is 44.8 Å². The minimum absolute atomic E-state index is 0.0429. The van der Waals surface area contributed by atoms with E-state index in [4.69, 9.17) is 16.3 Å². The van der Waals surface area contributed by atoms with Crippen molar-refractivity contribution in [3.05, 3.63) is 23.2 Å². The normalized spacial score (nSPS) is 18.8. The second-order valence-electron chi connectivity index (χ2n) is 6.42. The van der Waals surface area contributed by atoms with Crippen molar-refractivity contribution in [1.29, 1.82) is 0 Å². The monoisotopic (exact) mass is 373 g/mol. The number of hydrogen-bond acceptors (Lipinski definition) is 4. The number of benzene rings is 1. The lowest BCUT2D eigenvalue weighted by molar-refractivity contribution is -0.120. The van der Waals surface area contributed by atoms with Crippen LogP contribution in [-0.2, 0) is 4.79 Å². The molecule has 0 unspecified atom stereocenters. The number of carbonyl (C=O) groups excluding carboxylic acids is 1. The van der Waals surface area contributed by atoms with E-state index in [-0.39, 0.29) is 25.0 Å². The van der Waals surface area contributed by atoms with Crippen LogP contribution in [0.15, 0.2) is 18.2 Å². The Hall–Kier alpha value is -1.60. The molecule has 2 aliphatic heterocycles. The average molecular weight is 374 g/mol. The van der Waals surface area contributed by atoms with E-state index in [0.29, 0.717) is 44.1 Å². The number of alkyl halides is 2. The zero-order valence-corrected chi connectivity index (χ0v) is 14.6. The minimum Gasteiger partial charge on any atom is -0.490 e. The van der Waals surface area contributed by atoms with E-state index < -0.39 is 6.43 Å². The van der Waals surface area contributed by atoms with Gasteiger partial charge in [-0.3, -0.25) is 9.69 Å². The Morgan fingerprint density at radius 3 is 2.80 bits per heavy atom. The standard InChI is InChI=1S/C17H22ClF2N3O2/c18-12-1-2-15-14(9-12)23(7-8-25-15)11-17(24)21-13-3-5-22(6-4-13)10-16(19)20/h1-2,9,13,16H,3-8,10-11H2,(H,21,24). The van der Waals surface area contributed by atoms with E-state index in [1.54, 1.807) is 23.1 Å². The number of likely N-dealkylation sites (tertiary alicyclic amines) is 1. The summed E-state index contributed by atoms with van der Waals surface area (Å²) in [6.07, 6.45) is -0.909. The maximum atomic E-state index is 12.4. The Balaban J connectivity index is 1.50. The molecule has 1 N–H and O–H groups in total. The van der Waals surface area contributed by atoms with E-state index in [1.165, 1.54) is 0 Å². The van der Waals surface area contributed by atoms with Crippen LogP contribution in [-0.4, -0.2) is 62.6 Å². The summed E-state index contributed by atoms with van der Waals surface area (Å²) < 4.78 is 30.4. The second kappa shape index (κ2) is 8.19. The van der Waals surface area contributed by atoms with Crippen LogP contribution in [0, 0.1) is 0 Å². The van der Waals surface area contributed by atoms with Crippen LogP contribution in [0.3, 0.4) is 0 Å². The summed E-state index contributed by atoms with van der Waals surface area (Å²) in [4.78, 5) is 16.1. The number of piperidine rings is 1. The Morgan fingerprint density at radius 2 is 2.08 bits per heavy atom. The highest BCUT2D eigenvalue weighted by atomic mass is 35.5. The third-order valence-electron chi connectivity index (χ3n) is 4.56. The van der Waals surface area contributed by atoms with Crippen molar-refractivity contribution in [1.82, 2.24) is 10.2 Å². The number of ether oxygens (including phenoxy) is 1. The lowest BCUT2D eigenvalue weighted by atomic mass is 10.1. The largest absolute Gasteiger partial charge is 0.490 e. The molecule has 1 saturated heterocycles. The van der Waals surface area contributed by atoms with E-state index in [1.807, 2.05) is 4.90 Å². The van der Waals surface area contributed by atoms with Crippen molar-refractivity contribution < 1.29 is 18.3 Å². The maximum absolute atomic E-state index is 12.4. The van der Waals surface area contributed by atoms with Crippen LogP contribution in [0.4, 0.5) is 14.5 Å². The van der Waals surface area contributed by atoms with Gasteiger partial charge in [0, 0.05) is 24.2 Å². The Morgan fingerprint density at radius 1 is 1.32 bits per heavy atom. The van der Waals surface area contributed by atoms with Crippen LogP contribution in [0.1, 0.15) is 12.8 Å². The summed E-state index contributed by atoms with van der Waals surface area (Å²) >= 11 is 6.04. The number of halogens is 3. The number of anilines is 1. The molecule has 0 radical (unpaired) electrons. The first-order chi connectivity index (χ1) is 12.0. The van der Waals surface area contributed by atoms with Gasteiger partial charge in [-0.05, 0) is 31.0 Å². The fourth-order valence-corrected chi connectivity index (χ4v) is 3.48. The van der Waals surface area contributed by atoms with E-state index in [9.17, 15) is 13.6 Å². The Labute approximate surface area is 150 Å². The third kappa shape index (κ3) is 4.95. The number of rotatable bonds is 5. The van der Waals surface area contributed by atoms with Gasteiger partial charge in [0.25, 0.3) is 6.43 Å². The number of amides is 1. The smallest absolute Gasteiger partial charge is 0.251 e. The molecule has 25 heavy (non-hydrogen) atoms. The number of nitrogens with one attached hydrogen (secondary N) is 1. The summed E-state index contributed by atoms with van der Waals surface area (Å²) in [5, 5.41) is 3.62. The molecule has 1 amide bonds. The first-order valence-corrected chi connectivity index (χ1v) is 8.86. The van der Waals surface area contributed by atoms with Crippen LogP contribution in [0.25, 0.3) is 0 Å². The molecule has 0 saturated carbocycles. The predicted octanol–water partition coefficient (Wildman–Crippen LogP) is 2.38. The lowest BCUT2D eigenvalue weighted by Crippen LogP contribution is -2.49. The molecule has 0 spiro atoms. The Bertz CT molecular complexity index is 610. The van der Waals surface area contributed by atoms with Crippen LogP contribution in [0.5, 0.6) is 5.75 Å². The highest BCUT2D eigenvalue weighted by molar-refractivity contribution is 6.31. The van der Waals surface area contributed by atoms with Crippen molar-refractivity contribution in [2.24, 2.45) is 0 Å². The third-order valence-corrected chi connectivity index (χ3v) is 4.80. The van der Waals surface area contributed by atoms with Gasteiger partial charge in [0.2, 0.25) is 5.91 Å². The minimum atomic E-state index is -2.31. The van der Waals surface area contributed by atoms with Crippen LogP contribution < -0.4 is 15.0 Å². The summed E-state index contributed by atoms with van der Waals surface area (Å²) in [5.74, 6) is 0.656. The van der Waals surface area contributed by atoms with Gasteiger partial charge in [0.1, 0.15) is 12.4 Å². The van der Waals surface area contributed by atoms with Crippen molar-refractivity contribution in [3.8, 4) is 5.75 Å². The van der Waals surface area contributed by atoms with Crippen molar-refractivity contribution in [3.63, 3.8) is 0 Å². The molecule has 0 aliphatic carbocycles. The van der Waals surface area contributed by atoms with Crippen molar-refractivity contribution in [2.75, 3.05) is 44.2 Å². The number of hydrogen-bond donors (Lipinski definition) is 1. The molecule has 2 aliphatic rings. The molecule has 2 heterocycles. The highest BCUT2D eigenvalue weighted by Crippen LogP contribution is 2.33. The molecular weight excluding hydrogens is 352 g/mol. The lowest BCUT2D eigenvalue weighted by Gasteiger charge is -2.34. The zero-order valence-electron chi connectivity index (χ0n) is 13.9. The molecule has 138 valence electrons. The van der Waals surface area contributed by atoms with Crippen molar-refractivity contribution >= 4 is 23.2 Å². The van der Waals surface area contributed by atoms with Gasteiger partial charge >= 0.3 is 0 Å². The zero-order chi connectivity index (χ0) is 17.8. The van der Waals surface area contributed by atoms with E-state index >= 15 is 0 Å². The summed E-state index contributed by atoms with van der Waals surface area (Å²) in [6, 6.07) is 5.41. The van der Waals surface area contributed by atoms with Crippen molar-refractivity contribution in [2.45, 2.75) is 25.3 Å². The number of fused-ring (bicyclic) bond motifs is 1. The molecule has 5 nitrogen and oxygen atoms in total. The van der Waals surface area contributed by atoms with Gasteiger partial charge in [0.15, 0.2) is 0 Å². The quantitative estimate of drug-likeness (QED) is 0.860. The predicted molar refractivity (Wildman–Crippen MR) is 92.8 cm³/mol. The molecule has 1 aromatic carbocycles. The maximum Gasteiger partial charge on any atom is 0.251 e. The van der Waals surface area contributed by atoms with E-state index in [2.05, 4.69) is 5.32 Å². The molecule has 0 bridgehead atoms. The first kappa shape index (κ1) is 18.2. The Kier molecular flexibility index (Phi) is 5.96. The second-order valence-corrected chi connectivity index (χ2v) is 6.85. The van der Waals surface area contributed by atoms with E-state index in [0.717, 1.165) is 11.4 Å². The summed E-state index contributed by atoms with van der Waals surface area (Å²) in [6.45, 7) is 2.36. The molecule has 0 aromatic heterocycles. The summed E-state index contributed by atoms with van der Waals surface area (Å²) in [5.41, 5.74) is 0.820. The number of carbonyl (C=O) groups is 1. The van der Waals surface area contributed by atoms with Gasteiger partial charge in [-0.2, -0.15) is 0 Å². The molecule has 0 atom stereocenters. The van der Waals surface area contributed by atoms with Gasteiger partial charge < -0.3 is 15.0 Å². The average Bonchev–Trinajstić information content (AvgIpc) is 2.57. The van der Waals surface area contributed by atoms with Gasteiger partial charge in [0.05, 0.1) is 25.3 Å². The van der Waals surface area contributed by atoms with Gasteiger partial charge in [-0.15, -0.1) is 0 Å². The van der Waals surface area contributed by atoms with Crippen LogP contribution in [0.2, 0.25) is 5.02 Å². The molecular formula is C17H22ClF2N3O2. The molecule has 1 aromatic rings. The first-order valence-electron chi connectivity index (χ1n) is 8.48. The van der Waals surface area contributed by atoms with Gasteiger partial charge in [-0.25, -0.2) is 8.78 Å². The fraction of sp³-hybridized carbons (Fsp3) is 0.588. The summed E-state index contributed by atoms with van der Waals surface area (Å²) in [7, 11) is 0. The van der Waals surface area contributed by atoms with Crippen LogP contribution >= 0.6 is 11.6 Å². The molecule has 8 heteroatoms. The van der Waals surface area contributed by atoms with Gasteiger partial charge in [-0.1, -0.05) is 11.6 Å².